The highest BCUT2D eigenvalue weighted by Crippen LogP contribution is 2.24. The van der Waals surface area contributed by atoms with E-state index in [1.54, 1.807) is 7.11 Å². The van der Waals surface area contributed by atoms with Gasteiger partial charge in [0.05, 0.1) is 7.11 Å². The maximum Gasteiger partial charge on any atom is 0.222 e. The average Bonchev–Trinajstić information content (AvgIpc) is 2.24. The number of amides is 1. The molecule has 0 aliphatic heterocycles. The standard InChI is InChI=1S/C15H24N2O2/c1-10-6-11(2)12(13(7-10)19-5)9-17-14(18)8-15(3,4)16/h6-7H,8-9,16H2,1-5H3,(H,17,18). The van der Waals surface area contributed by atoms with Crippen molar-refractivity contribution in [3.8, 4) is 5.75 Å². The molecule has 0 unspecified atom stereocenters. The first kappa shape index (κ1) is 15.5. The van der Waals surface area contributed by atoms with Crippen LogP contribution in [0.2, 0.25) is 0 Å². The van der Waals surface area contributed by atoms with Gasteiger partial charge in [0, 0.05) is 24.1 Å². The van der Waals surface area contributed by atoms with E-state index < -0.39 is 5.54 Å². The van der Waals surface area contributed by atoms with Crippen LogP contribution in [-0.2, 0) is 11.3 Å². The first-order valence-electron chi connectivity index (χ1n) is 6.42. The van der Waals surface area contributed by atoms with E-state index in [1.807, 2.05) is 33.8 Å². The molecule has 0 fully saturated rings. The second-order valence-electron chi connectivity index (χ2n) is 5.70. The molecule has 0 aliphatic rings. The molecule has 1 aromatic rings. The lowest BCUT2D eigenvalue weighted by Crippen LogP contribution is -2.38. The van der Waals surface area contributed by atoms with Crippen molar-refractivity contribution in [2.75, 3.05) is 7.11 Å². The van der Waals surface area contributed by atoms with Crippen LogP contribution in [0.4, 0.5) is 0 Å². The highest BCUT2D eigenvalue weighted by Gasteiger charge is 2.17. The molecule has 3 N–H and O–H groups in total. The van der Waals surface area contributed by atoms with Crippen LogP contribution in [0.1, 0.15) is 37.0 Å². The summed E-state index contributed by atoms with van der Waals surface area (Å²) in [6, 6.07) is 4.05. The Balaban J connectivity index is 2.75. The van der Waals surface area contributed by atoms with Crippen molar-refractivity contribution in [3.63, 3.8) is 0 Å². The Morgan fingerprint density at radius 1 is 1.37 bits per heavy atom. The van der Waals surface area contributed by atoms with E-state index in [-0.39, 0.29) is 5.91 Å². The van der Waals surface area contributed by atoms with Crippen molar-refractivity contribution >= 4 is 5.91 Å². The van der Waals surface area contributed by atoms with Crippen LogP contribution in [0.5, 0.6) is 5.75 Å². The second-order valence-corrected chi connectivity index (χ2v) is 5.70. The number of nitrogens with two attached hydrogens (primary N) is 1. The van der Waals surface area contributed by atoms with Gasteiger partial charge in [-0.15, -0.1) is 0 Å². The molecule has 0 bridgehead atoms. The summed E-state index contributed by atoms with van der Waals surface area (Å²) in [5, 5.41) is 2.89. The van der Waals surface area contributed by atoms with Crippen molar-refractivity contribution in [1.82, 2.24) is 5.32 Å². The minimum absolute atomic E-state index is 0.0467. The lowest BCUT2D eigenvalue weighted by Gasteiger charge is -2.18. The summed E-state index contributed by atoms with van der Waals surface area (Å²) in [6.07, 6.45) is 0.306. The molecular formula is C15H24N2O2. The van der Waals surface area contributed by atoms with Crippen LogP contribution in [0.15, 0.2) is 12.1 Å². The Bertz CT molecular complexity index is 462. The molecule has 1 aromatic carbocycles. The van der Waals surface area contributed by atoms with Gasteiger partial charge in [-0.3, -0.25) is 4.79 Å². The van der Waals surface area contributed by atoms with Crippen LogP contribution in [0, 0.1) is 13.8 Å². The molecule has 0 radical (unpaired) electrons. The van der Waals surface area contributed by atoms with E-state index in [1.165, 1.54) is 0 Å². The molecule has 0 spiro atoms. The van der Waals surface area contributed by atoms with Crippen LogP contribution in [-0.4, -0.2) is 18.6 Å². The van der Waals surface area contributed by atoms with Gasteiger partial charge in [-0.2, -0.15) is 0 Å². The fraction of sp³-hybridized carbons (Fsp3) is 0.533. The fourth-order valence-electron chi connectivity index (χ4n) is 2.03. The predicted molar refractivity (Wildman–Crippen MR) is 77.2 cm³/mol. The zero-order valence-corrected chi connectivity index (χ0v) is 12.5. The topological polar surface area (TPSA) is 64.3 Å². The molecule has 0 aliphatic carbocycles. The SMILES string of the molecule is COc1cc(C)cc(C)c1CNC(=O)CC(C)(C)N. The number of methoxy groups -OCH3 is 1. The third kappa shape index (κ3) is 4.91. The lowest BCUT2D eigenvalue weighted by atomic mass is 10.0. The molecule has 1 amide bonds. The van der Waals surface area contributed by atoms with Crippen LogP contribution in [0.3, 0.4) is 0 Å². The molecule has 4 nitrogen and oxygen atoms in total. The summed E-state index contributed by atoms with van der Waals surface area (Å²) in [5.74, 6) is 0.763. The molecule has 106 valence electrons. The maximum atomic E-state index is 11.8. The van der Waals surface area contributed by atoms with Gasteiger partial charge in [0.1, 0.15) is 5.75 Å². The van der Waals surface area contributed by atoms with E-state index in [9.17, 15) is 4.79 Å². The largest absolute Gasteiger partial charge is 0.496 e. The highest BCUT2D eigenvalue weighted by molar-refractivity contribution is 5.77. The van der Waals surface area contributed by atoms with Gasteiger partial charge in [-0.1, -0.05) is 6.07 Å². The summed E-state index contributed by atoms with van der Waals surface area (Å²) < 4.78 is 5.36. The summed E-state index contributed by atoms with van der Waals surface area (Å²) in [7, 11) is 1.64. The number of hydrogen-bond acceptors (Lipinski definition) is 3. The first-order valence-corrected chi connectivity index (χ1v) is 6.42. The number of aryl methyl sites for hydroxylation is 2. The Morgan fingerprint density at radius 3 is 2.53 bits per heavy atom. The third-order valence-corrected chi connectivity index (χ3v) is 2.87. The zero-order valence-electron chi connectivity index (χ0n) is 12.5. The monoisotopic (exact) mass is 264 g/mol. The van der Waals surface area contributed by atoms with E-state index in [4.69, 9.17) is 10.5 Å². The Kier molecular flexibility index (Phi) is 4.95. The maximum absolute atomic E-state index is 11.8. The van der Waals surface area contributed by atoms with Gasteiger partial charge in [0.15, 0.2) is 0 Å². The molecule has 4 heteroatoms. The van der Waals surface area contributed by atoms with Crippen molar-refractivity contribution in [1.29, 1.82) is 0 Å². The molecule has 0 heterocycles. The number of carbonyl (C=O) groups excluding carboxylic acids is 1. The number of hydrogen-bond donors (Lipinski definition) is 2. The van der Waals surface area contributed by atoms with Gasteiger partial charge in [0.2, 0.25) is 5.91 Å². The van der Waals surface area contributed by atoms with Crippen molar-refractivity contribution in [2.24, 2.45) is 5.73 Å². The number of ether oxygens (including phenoxy) is 1. The van der Waals surface area contributed by atoms with Crippen molar-refractivity contribution in [2.45, 2.75) is 46.2 Å². The van der Waals surface area contributed by atoms with E-state index in [0.29, 0.717) is 13.0 Å². The minimum atomic E-state index is -0.490. The number of benzene rings is 1. The Hall–Kier alpha value is -1.55. The van der Waals surface area contributed by atoms with Crippen LogP contribution >= 0.6 is 0 Å². The number of rotatable bonds is 5. The van der Waals surface area contributed by atoms with Gasteiger partial charge in [0.25, 0.3) is 0 Å². The van der Waals surface area contributed by atoms with E-state index in [0.717, 1.165) is 22.4 Å². The zero-order chi connectivity index (χ0) is 14.6. The Morgan fingerprint density at radius 2 is 2.00 bits per heavy atom. The molecule has 0 saturated carbocycles. The predicted octanol–water partition coefficient (Wildman–Crippen LogP) is 2.06. The lowest BCUT2D eigenvalue weighted by molar-refractivity contribution is -0.122. The van der Waals surface area contributed by atoms with Gasteiger partial charge < -0.3 is 15.8 Å². The number of carbonyl (C=O) groups is 1. The Labute approximate surface area is 115 Å². The van der Waals surface area contributed by atoms with Gasteiger partial charge >= 0.3 is 0 Å². The molecular weight excluding hydrogens is 240 g/mol. The smallest absolute Gasteiger partial charge is 0.222 e. The average molecular weight is 264 g/mol. The molecule has 0 saturated heterocycles. The van der Waals surface area contributed by atoms with E-state index in [2.05, 4.69) is 11.4 Å². The normalized spacial score (nSPS) is 11.3. The van der Waals surface area contributed by atoms with Crippen molar-refractivity contribution < 1.29 is 9.53 Å². The minimum Gasteiger partial charge on any atom is -0.496 e. The molecule has 0 atom stereocenters. The second kappa shape index (κ2) is 6.06. The third-order valence-electron chi connectivity index (χ3n) is 2.87. The van der Waals surface area contributed by atoms with E-state index >= 15 is 0 Å². The summed E-state index contributed by atoms with van der Waals surface area (Å²) in [4.78, 5) is 11.8. The van der Waals surface area contributed by atoms with Gasteiger partial charge in [-0.25, -0.2) is 0 Å². The summed E-state index contributed by atoms with van der Waals surface area (Å²) in [6.45, 7) is 8.18. The summed E-state index contributed by atoms with van der Waals surface area (Å²) in [5.41, 5.74) is 8.61. The summed E-state index contributed by atoms with van der Waals surface area (Å²) >= 11 is 0. The quantitative estimate of drug-likeness (QED) is 0.855. The first-order chi connectivity index (χ1) is 8.73. The molecule has 0 aromatic heterocycles. The molecule has 19 heavy (non-hydrogen) atoms. The molecule has 1 rings (SSSR count). The van der Waals surface area contributed by atoms with Crippen LogP contribution in [0.25, 0.3) is 0 Å². The number of nitrogens with one attached hydrogen (secondary N) is 1. The van der Waals surface area contributed by atoms with Gasteiger partial charge in [-0.05, 0) is 44.9 Å². The van der Waals surface area contributed by atoms with Crippen molar-refractivity contribution in [3.05, 3.63) is 28.8 Å². The highest BCUT2D eigenvalue weighted by atomic mass is 16.5. The van der Waals surface area contributed by atoms with Crippen LogP contribution < -0.4 is 15.8 Å². The fourth-order valence-corrected chi connectivity index (χ4v) is 2.03.